The van der Waals surface area contributed by atoms with Gasteiger partial charge in [0.1, 0.15) is 5.82 Å². The molecule has 2 atom stereocenters. The van der Waals surface area contributed by atoms with Crippen LogP contribution in [0.4, 0.5) is 5.82 Å². The number of ether oxygens (including phenoxy) is 2. The lowest BCUT2D eigenvalue weighted by molar-refractivity contribution is 0.0200. The summed E-state index contributed by atoms with van der Waals surface area (Å²) in [4.78, 5) is 11.2. The molecule has 0 radical (unpaired) electrons. The van der Waals surface area contributed by atoms with Crippen molar-refractivity contribution in [1.82, 2.24) is 15.6 Å². The quantitative estimate of drug-likeness (QED) is 0.236. The van der Waals surface area contributed by atoms with Crippen molar-refractivity contribution in [1.29, 1.82) is 0 Å². The minimum Gasteiger partial charge on any atom is -0.377 e. The maximum absolute atomic E-state index is 6.27. The van der Waals surface area contributed by atoms with Gasteiger partial charge in [-0.05, 0) is 38.3 Å². The van der Waals surface area contributed by atoms with Gasteiger partial charge in [0.2, 0.25) is 0 Å². The molecule has 2 fully saturated rings. The normalized spacial score (nSPS) is 22.2. The Hall–Kier alpha value is -0.840. The van der Waals surface area contributed by atoms with Gasteiger partial charge in [0, 0.05) is 38.5 Å². The highest BCUT2D eigenvalue weighted by Gasteiger charge is 2.25. The molecule has 2 aliphatic rings. The van der Waals surface area contributed by atoms with Gasteiger partial charge in [-0.15, -0.1) is 24.0 Å². The fraction of sp³-hybridized carbons (Fsp3) is 0.684. The molecule has 9 heteroatoms. The minimum atomic E-state index is 0. The topological polar surface area (TPSA) is 71.0 Å². The fourth-order valence-corrected chi connectivity index (χ4v) is 3.65. The lowest BCUT2D eigenvalue weighted by Crippen LogP contribution is -2.44. The molecule has 3 rings (SSSR count). The summed E-state index contributed by atoms with van der Waals surface area (Å²) < 4.78 is 11.2. The van der Waals surface area contributed by atoms with Crippen molar-refractivity contribution in [2.75, 3.05) is 50.9 Å². The zero-order valence-electron chi connectivity index (χ0n) is 16.4. The number of halogens is 2. The van der Waals surface area contributed by atoms with Gasteiger partial charge in [0.15, 0.2) is 5.96 Å². The summed E-state index contributed by atoms with van der Waals surface area (Å²) >= 11 is 6.27. The molecule has 2 unspecified atom stereocenters. The number of pyridine rings is 1. The molecular weight excluding hydrogens is 493 g/mol. The van der Waals surface area contributed by atoms with E-state index >= 15 is 0 Å². The Balaban J connectivity index is 0.00000280. The molecule has 0 saturated carbocycles. The van der Waals surface area contributed by atoms with Crippen LogP contribution in [-0.2, 0) is 9.47 Å². The summed E-state index contributed by atoms with van der Waals surface area (Å²) in [5, 5.41) is 7.52. The minimum absolute atomic E-state index is 0. The molecule has 2 aliphatic heterocycles. The van der Waals surface area contributed by atoms with Crippen molar-refractivity contribution in [2.45, 2.75) is 38.3 Å². The Bertz CT molecular complexity index is 616. The van der Waals surface area contributed by atoms with Crippen LogP contribution in [0.3, 0.4) is 0 Å². The van der Waals surface area contributed by atoms with Crippen molar-refractivity contribution in [3.05, 3.63) is 23.4 Å². The molecule has 1 aromatic heterocycles. The second-order valence-electron chi connectivity index (χ2n) is 6.86. The number of nitrogens with zero attached hydrogens (tertiary/aromatic N) is 3. The number of anilines is 1. The predicted octanol–water partition coefficient (Wildman–Crippen LogP) is 2.68. The highest BCUT2D eigenvalue weighted by molar-refractivity contribution is 14.0. The van der Waals surface area contributed by atoms with Crippen LogP contribution >= 0.6 is 35.6 Å². The lowest BCUT2D eigenvalue weighted by Gasteiger charge is -2.20. The van der Waals surface area contributed by atoms with E-state index in [2.05, 4.69) is 32.4 Å². The third-order valence-corrected chi connectivity index (χ3v) is 5.04. The fourth-order valence-electron chi connectivity index (χ4n) is 3.41. The molecule has 1 aromatic rings. The predicted molar refractivity (Wildman–Crippen MR) is 124 cm³/mol. The van der Waals surface area contributed by atoms with Gasteiger partial charge >= 0.3 is 0 Å². The molecule has 0 aliphatic carbocycles. The number of guanidine groups is 1. The van der Waals surface area contributed by atoms with E-state index in [1.807, 2.05) is 12.1 Å². The van der Waals surface area contributed by atoms with Gasteiger partial charge in [-0.1, -0.05) is 11.6 Å². The van der Waals surface area contributed by atoms with Gasteiger partial charge < -0.3 is 25.0 Å². The Morgan fingerprint density at radius 1 is 1.46 bits per heavy atom. The number of nitrogens with one attached hydrogen (secondary N) is 2. The maximum Gasteiger partial charge on any atom is 0.191 e. The second-order valence-corrected chi connectivity index (χ2v) is 7.26. The molecule has 3 heterocycles. The Morgan fingerprint density at radius 2 is 2.36 bits per heavy atom. The molecular formula is C19H31ClIN5O2. The zero-order valence-corrected chi connectivity index (χ0v) is 19.5. The zero-order chi connectivity index (χ0) is 18.9. The van der Waals surface area contributed by atoms with Crippen molar-refractivity contribution >= 4 is 47.4 Å². The van der Waals surface area contributed by atoms with E-state index in [9.17, 15) is 0 Å². The summed E-state index contributed by atoms with van der Waals surface area (Å²) in [6.45, 7) is 7.45. The smallest absolute Gasteiger partial charge is 0.191 e. The summed E-state index contributed by atoms with van der Waals surface area (Å²) in [6, 6.07) is 4.05. The first kappa shape index (κ1) is 23.4. The van der Waals surface area contributed by atoms with Gasteiger partial charge in [-0.25, -0.2) is 4.98 Å². The summed E-state index contributed by atoms with van der Waals surface area (Å²) in [7, 11) is 0. The van der Waals surface area contributed by atoms with E-state index in [-0.39, 0.29) is 30.1 Å². The summed E-state index contributed by atoms with van der Waals surface area (Å²) in [5.41, 5.74) is 0. The molecule has 2 saturated heterocycles. The van der Waals surface area contributed by atoms with Crippen LogP contribution in [0.15, 0.2) is 23.3 Å². The highest BCUT2D eigenvalue weighted by Crippen LogP contribution is 2.25. The standard InChI is InChI=1S/C19H30ClN5O2.HI/c1-2-21-19(23-9-12-26-14-16-5-4-11-27-16)24-15-7-10-25(13-15)18-17(20)6-3-8-22-18;/h3,6,8,15-16H,2,4-5,7,9-14H2,1H3,(H2,21,23,24);1H. The van der Waals surface area contributed by atoms with Crippen molar-refractivity contribution in [3.63, 3.8) is 0 Å². The Morgan fingerprint density at radius 3 is 3.11 bits per heavy atom. The first-order valence-corrected chi connectivity index (χ1v) is 10.2. The van der Waals surface area contributed by atoms with Crippen LogP contribution in [0.1, 0.15) is 26.2 Å². The monoisotopic (exact) mass is 523 g/mol. The maximum atomic E-state index is 6.27. The lowest BCUT2D eigenvalue weighted by atomic mass is 10.2. The summed E-state index contributed by atoms with van der Waals surface area (Å²) in [6.07, 6.45) is 5.31. The van der Waals surface area contributed by atoms with E-state index in [1.165, 1.54) is 0 Å². The van der Waals surface area contributed by atoms with E-state index < -0.39 is 0 Å². The third kappa shape index (κ3) is 7.20. The van der Waals surface area contributed by atoms with Crippen LogP contribution in [0, 0.1) is 0 Å². The first-order chi connectivity index (χ1) is 13.3. The third-order valence-electron chi connectivity index (χ3n) is 4.75. The van der Waals surface area contributed by atoms with Crippen LogP contribution in [0.25, 0.3) is 0 Å². The molecule has 2 N–H and O–H groups in total. The average Bonchev–Trinajstić information content (AvgIpc) is 3.34. The number of rotatable bonds is 8. The van der Waals surface area contributed by atoms with Crippen LogP contribution in [-0.4, -0.2) is 69.1 Å². The van der Waals surface area contributed by atoms with Gasteiger partial charge in [-0.2, -0.15) is 0 Å². The van der Waals surface area contributed by atoms with Crippen molar-refractivity contribution in [3.8, 4) is 0 Å². The Labute approximate surface area is 189 Å². The summed E-state index contributed by atoms with van der Waals surface area (Å²) in [5.74, 6) is 1.69. The van der Waals surface area contributed by atoms with Gasteiger partial charge in [0.05, 0.1) is 30.9 Å². The van der Waals surface area contributed by atoms with Gasteiger partial charge in [-0.3, -0.25) is 4.99 Å². The number of hydrogen-bond acceptors (Lipinski definition) is 5. The van der Waals surface area contributed by atoms with Crippen LogP contribution in [0.2, 0.25) is 5.02 Å². The van der Waals surface area contributed by atoms with Crippen LogP contribution < -0.4 is 15.5 Å². The number of hydrogen-bond donors (Lipinski definition) is 2. The van der Waals surface area contributed by atoms with Crippen molar-refractivity contribution in [2.24, 2.45) is 4.99 Å². The second kappa shape index (κ2) is 12.7. The molecule has 0 spiro atoms. The highest BCUT2D eigenvalue weighted by atomic mass is 127. The van der Waals surface area contributed by atoms with Gasteiger partial charge in [0.25, 0.3) is 0 Å². The van der Waals surface area contributed by atoms with Crippen LogP contribution in [0.5, 0.6) is 0 Å². The molecule has 28 heavy (non-hydrogen) atoms. The largest absolute Gasteiger partial charge is 0.377 e. The molecule has 0 amide bonds. The molecule has 158 valence electrons. The van der Waals surface area contributed by atoms with E-state index in [0.717, 1.165) is 57.3 Å². The van der Waals surface area contributed by atoms with Crippen molar-refractivity contribution < 1.29 is 9.47 Å². The molecule has 0 bridgehead atoms. The van der Waals surface area contributed by atoms with E-state index in [4.69, 9.17) is 21.1 Å². The average molecular weight is 524 g/mol. The number of aromatic nitrogens is 1. The SMILES string of the molecule is CCNC(=NCCOCC1CCCO1)NC1CCN(c2ncccc2Cl)C1.I. The first-order valence-electron chi connectivity index (χ1n) is 9.86. The van der Waals surface area contributed by atoms with E-state index in [1.54, 1.807) is 6.20 Å². The number of aliphatic imine (C=N–C) groups is 1. The van der Waals surface area contributed by atoms with E-state index in [0.29, 0.717) is 30.8 Å². The molecule has 7 nitrogen and oxygen atoms in total. The molecule has 0 aromatic carbocycles. The Kier molecular flexibility index (Phi) is 10.6.